The molecule has 0 aliphatic carbocycles. The topological polar surface area (TPSA) is 101 Å². The number of aromatic nitrogens is 4. The summed E-state index contributed by atoms with van der Waals surface area (Å²) in [5.41, 5.74) is 3.81. The van der Waals surface area contributed by atoms with Crippen molar-refractivity contribution in [3.05, 3.63) is 64.0 Å². The zero-order valence-electron chi connectivity index (χ0n) is 23.5. The van der Waals surface area contributed by atoms with Crippen molar-refractivity contribution < 1.29 is 23.8 Å². The van der Waals surface area contributed by atoms with Crippen LogP contribution in [0.4, 0.5) is 0 Å². The van der Waals surface area contributed by atoms with Gasteiger partial charge in [-0.15, -0.1) is 0 Å². The maximum atomic E-state index is 13.7. The van der Waals surface area contributed by atoms with Crippen LogP contribution in [0.3, 0.4) is 0 Å². The highest BCUT2D eigenvalue weighted by Gasteiger charge is 2.35. The Morgan fingerprint density at radius 1 is 1.07 bits per heavy atom. The normalized spacial score (nSPS) is 12.3. The minimum atomic E-state index is -0.439. The summed E-state index contributed by atoms with van der Waals surface area (Å²) in [6.45, 7) is 5.95. The minimum absolute atomic E-state index is 0.0356. The Kier molecular flexibility index (Phi) is 7.48. The lowest BCUT2D eigenvalue weighted by Gasteiger charge is -2.31. The minimum Gasteiger partial charge on any atom is -0.496 e. The largest absolute Gasteiger partial charge is 0.496 e. The van der Waals surface area contributed by atoms with E-state index >= 15 is 0 Å². The second-order valence-electron chi connectivity index (χ2n) is 10.6. The van der Waals surface area contributed by atoms with Crippen LogP contribution in [0.1, 0.15) is 36.8 Å². The summed E-state index contributed by atoms with van der Waals surface area (Å²) in [5.74, 6) is 0.435. The highest BCUT2D eigenvalue weighted by atomic mass is 35.5. The van der Waals surface area contributed by atoms with Gasteiger partial charge in [0.25, 0.3) is 5.91 Å². The first-order valence-corrected chi connectivity index (χ1v) is 13.5. The Labute approximate surface area is 247 Å². The van der Waals surface area contributed by atoms with Gasteiger partial charge in [-0.1, -0.05) is 23.2 Å². The SMILES string of the molecule is COC(=O)Cn1cc(-c2cc3c(cc2OC)OCc2c(C(=O)N(C)C(C)(C)C)nn(-c4cc(Cl)cc(Cl)c4)c2-3)cn1. The zero-order chi connectivity index (χ0) is 29.6. The van der Waals surface area contributed by atoms with Crippen LogP contribution in [0.25, 0.3) is 28.1 Å². The fourth-order valence-electron chi connectivity index (χ4n) is 4.54. The molecular weight excluding hydrogens is 569 g/mol. The molecule has 12 heteroatoms. The molecule has 5 rings (SSSR count). The summed E-state index contributed by atoms with van der Waals surface area (Å²) in [7, 11) is 4.64. The van der Waals surface area contributed by atoms with Gasteiger partial charge in [-0.25, -0.2) is 4.68 Å². The van der Waals surface area contributed by atoms with Crippen molar-refractivity contribution in [2.45, 2.75) is 39.5 Å². The Hall–Kier alpha value is -4.02. The van der Waals surface area contributed by atoms with E-state index < -0.39 is 11.5 Å². The average Bonchev–Trinajstić information content (AvgIpc) is 3.55. The number of ether oxygens (including phenoxy) is 3. The Morgan fingerprint density at radius 2 is 1.78 bits per heavy atom. The van der Waals surface area contributed by atoms with E-state index in [1.807, 2.05) is 26.8 Å². The average molecular weight is 598 g/mol. The summed E-state index contributed by atoms with van der Waals surface area (Å²) in [6, 6.07) is 8.79. The molecule has 3 heterocycles. The number of amides is 1. The lowest BCUT2D eigenvalue weighted by molar-refractivity contribution is -0.141. The molecule has 4 aromatic rings. The van der Waals surface area contributed by atoms with Crippen molar-refractivity contribution in [2.24, 2.45) is 0 Å². The summed E-state index contributed by atoms with van der Waals surface area (Å²) in [5, 5.41) is 9.95. The second-order valence-corrected chi connectivity index (χ2v) is 11.5. The molecule has 0 unspecified atom stereocenters. The lowest BCUT2D eigenvalue weighted by Crippen LogP contribution is -2.43. The van der Waals surface area contributed by atoms with Gasteiger partial charge < -0.3 is 19.1 Å². The predicted octanol–water partition coefficient (Wildman–Crippen LogP) is 5.65. The fourth-order valence-corrected chi connectivity index (χ4v) is 5.06. The molecule has 1 aliphatic heterocycles. The van der Waals surface area contributed by atoms with Gasteiger partial charge >= 0.3 is 5.97 Å². The molecule has 41 heavy (non-hydrogen) atoms. The first kappa shape index (κ1) is 28.5. The number of halogens is 2. The summed E-state index contributed by atoms with van der Waals surface area (Å²) in [6.07, 6.45) is 3.37. The van der Waals surface area contributed by atoms with E-state index in [9.17, 15) is 9.59 Å². The predicted molar refractivity (Wildman–Crippen MR) is 155 cm³/mol. The van der Waals surface area contributed by atoms with Crippen molar-refractivity contribution in [1.29, 1.82) is 0 Å². The highest BCUT2D eigenvalue weighted by molar-refractivity contribution is 6.34. The number of methoxy groups -OCH3 is 2. The van der Waals surface area contributed by atoms with Gasteiger partial charge in [-0.05, 0) is 45.0 Å². The van der Waals surface area contributed by atoms with Gasteiger partial charge in [-0.2, -0.15) is 10.2 Å². The molecule has 0 bridgehead atoms. The molecule has 0 saturated carbocycles. The zero-order valence-corrected chi connectivity index (χ0v) is 25.0. The molecule has 0 atom stereocenters. The molecule has 10 nitrogen and oxygen atoms in total. The van der Waals surface area contributed by atoms with Crippen molar-refractivity contribution in [2.75, 3.05) is 21.3 Å². The van der Waals surface area contributed by atoms with Gasteiger partial charge in [0.1, 0.15) is 24.7 Å². The third kappa shape index (κ3) is 5.37. The maximum absolute atomic E-state index is 13.7. The van der Waals surface area contributed by atoms with Gasteiger partial charge in [0.05, 0.1) is 31.8 Å². The van der Waals surface area contributed by atoms with E-state index in [2.05, 4.69) is 5.10 Å². The van der Waals surface area contributed by atoms with Crippen LogP contribution in [-0.4, -0.2) is 63.1 Å². The van der Waals surface area contributed by atoms with Gasteiger partial charge in [0, 0.05) is 57.1 Å². The summed E-state index contributed by atoms with van der Waals surface area (Å²) in [4.78, 5) is 27.2. The van der Waals surface area contributed by atoms with Crippen LogP contribution in [0, 0.1) is 0 Å². The van der Waals surface area contributed by atoms with Crippen LogP contribution < -0.4 is 9.47 Å². The Morgan fingerprint density at radius 3 is 2.41 bits per heavy atom. The van der Waals surface area contributed by atoms with Crippen LogP contribution >= 0.6 is 23.2 Å². The number of hydrogen-bond acceptors (Lipinski definition) is 7. The quantitative estimate of drug-likeness (QED) is 0.264. The molecule has 0 fully saturated rings. The highest BCUT2D eigenvalue weighted by Crippen LogP contribution is 2.46. The van der Waals surface area contributed by atoms with Crippen LogP contribution in [0.2, 0.25) is 10.0 Å². The number of fused-ring (bicyclic) bond motifs is 3. The number of rotatable bonds is 6. The van der Waals surface area contributed by atoms with Crippen LogP contribution in [0.5, 0.6) is 11.5 Å². The van der Waals surface area contributed by atoms with Gasteiger partial charge in [-0.3, -0.25) is 14.3 Å². The summed E-state index contributed by atoms with van der Waals surface area (Å²) >= 11 is 12.7. The van der Waals surface area contributed by atoms with Crippen molar-refractivity contribution in [3.8, 4) is 39.6 Å². The number of esters is 1. The van der Waals surface area contributed by atoms with Crippen molar-refractivity contribution in [3.63, 3.8) is 0 Å². The van der Waals surface area contributed by atoms with Crippen molar-refractivity contribution >= 4 is 35.1 Å². The van der Waals surface area contributed by atoms with E-state index in [1.54, 1.807) is 60.4 Å². The molecule has 214 valence electrons. The van der Waals surface area contributed by atoms with E-state index in [4.69, 9.17) is 42.5 Å². The first-order chi connectivity index (χ1) is 19.4. The smallest absolute Gasteiger partial charge is 0.327 e. The maximum Gasteiger partial charge on any atom is 0.327 e. The Balaban J connectivity index is 1.73. The number of carbonyl (C=O) groups is 2. The first-order valence-electron chi connectivity index (χ1n) is 12.7. The van der Waals surface area contributed by atoms with Crippen LogP contribution in [-0.2, 0) is 22.7 Å². The standard InChI is InChI=1S/C29H29Cl2N5O5/c1-29(2,3)34(4)28(38)26-22-15-41-24-11-23(39-5)20(16-12-32-35(13-16)14-25(37)40-6)10-21(24)27(22)36(33-26)19-8-17(30)7-18(31)9-19/h7-13H,14-15H2,1-6H3. The van der Waals surface area contributed by atoms with E-state index in [1.165, 1.54) is 11.8 Å². The molecule has 1 aliphatic rings. The monoisotopic (exact) mass is 597 g/mol. The van der Waals surface area contributed by atoms with E-state index in [0.717, 1.165) is 0 Å². The molecule has 1 amide bonds. The number of nitrogens with zero attached hydrogens (tertiary/aromatic N) is 5. The molecule has 2 aromatic heterocycles. The third-order valence-electron chi connectivity index (χ3n) is 6.98. The molecule has 0 saturated heterocycles. The lowest BCUT2D eigenvalue weighted by atomic mass is 9.96. The van der Waals surface area contributed by atoms with E-state index in [0.29, 0.717) is 55.2 Å². The second kappa shape index (κ2) is 10.8. The fraction of sp³-hybridized carbons (Fsp3) is 0.310. The number of carbonyl (C=O) groups excluding carboxylic acids is 2. The molecular formula is C29H29Cl2N5O5. The molecule has 0 spiro atoms. The summed E-state index contributed by atoms with van der Waals surface area (Å²) < 4.78 is 19.8. The Bertz CT molecular complexity index is 1650. The molecule has 0 N–H and O–H groups in total. The van der Waals surface area contributed by atoms with Crippen molar-refractivity contribution in [1.82, 2.24) is 24.5 Å². The van der Waals surface area contributed by atoms with Gasteiger partial charge in [0.2, 0.25) is 0 Å². The molecule has 2 aromatic carbocycles. The number of benzene rings is 2. The van der Waals surface area contributed by atoms with E-state index in [-0.39, 0.29) is 24.8 Å². The third-order valence-corrected chi connectivity index (χ3v) is 7.42. The van der Waals surface area contributed by atoms with Crippen LogP contribution in [0.15, 0.2) is 42.7 Å². The van der Waals surface area contributed by atoms with Gasteiger partial charge in [0.15, 0.2) is 5.69 Å². The molecule has 0 radical (unpaired) electrons. The number of hydrogen-bond donors (Lipinski definition) is 0.